The number of morpholine rings is 1. The third-order valence-electron chi connectivity index (χ3n) is 6.10. The molecule has 0 spiro atoms. The van der Waals surface area contributed by atoms with Gasteiger partial charge in [-0.1, -0.05) is 18.6 Å². The van der Waals surface area contributed by atoms with Crippen LogP contribution in [0.15, 0.2) is 11.6 Å². The van der Waals surface area contributed by atoms with Crippen LogP contribution in [0.1, 0.15) is 33.1 Å². The molecule has 0 bridgehead atoms. The zero-order valence-corrected chi connectivity index (χ0v) is 14.9. The van der Waals surface area contributed by atoms with Crippen molar-refractivity contribution in [2.24, 2.45) is 17.8 Å². The van der Waals surface area contributed by atoms with Gasteiger partial charge >= 0.3 is 0 Å². The molecule has 4 heteroatoms. The fraction of sp³-hybridized carbons (Fsp3) is 0.895. The third kappa shape index (κ3) is 4.56. The fourth-order valence-electron chi connectivity index (χ4n) is 4.48. The van der Waals surface area contributed by atoms with Gasteiger partial charge in [-0.2, -0.15) is 0 Å². The van der Waals surface area contributed by atoms with Crippen LogP contribution >= 0.6 is 0 Å². The normalized spacial score (nSPS) is 34.3. The third-order valence-corrected chi connectivity index (χ3v) is 6.10. The molecule has 3 rings (SSSR count). The van der Waals surface area contributed by atoms with Gasteiger partial charge in [-0.25, -0.2) is 0 Å². The van der Waals surface area contributed by atoms with Crippen LogP contribution in [-0.2, 0) is 9.47 Å². The van der Waals surface area contributed by atoms with Crippen LogP contribution in [0, 0.1) is 17.8 Å². The maximum Gasteiger partial charge on any atom is 0.0594 e. The predicted octanol–water partition coefficient (Wildman–Crippen LogP) is 2.31. The molecule has 0 unspecified atom stereocenters. The van der Waals surface area contributed by atoms with E-state index in [1.165, 1.54) is 19.3 Å². The van der Waals surface area contributed by atoms with Gasteiger partial charge in [-0.15, -0.1) is 0 Å². The van der Waals surface area contributed by atoms with E-state index in [0.717, 1.165) is 58.5 Å². The smallest absolute Gasteiger partial charge is 0.0594 e. The van der Waals surface area contributed by atoms with Gasteiger partial charge in [0.25, 0.3) is 0 Å². The van der Waals surface area contributed by atoms with Crippen molar-refractivity contribution >= 4 is 0 Å². The van der Waals surface area contributed by atoms with Crippen molar-refractivity contribution in [1.29, 1.82) is 0 Å². The number of hydrogen-bond donors (Lipinski definition) is 1. The lowest BCUT2D eigenvalue weighted by molar-refractivity contribution is 0.00123. The summed E-state index contributed by atoms with van der Waals surface area (Å²) in [4.78, 5) is 2.63. The Morgan fingerprint density at radius 1 is 1.22 bits per heavy atom. The van der Waals surface area contributed by atoms with Crippen molar-refractivity contribution in [3.8, 4) is 0 Å². The van der Waals surface area contributed by atoms with Gasteiger partial charge in [-0.05, 0) is 38.0 Å². The Morgan fingerprint density at radius 3 is 2.74 bits per heavy atom. The summed E-state index contributed by atoms with van der Waals surface area (Å²) in [5.41, 5.74) is 1.59. The monoisotopic (exact) mass is 322 g/mol. The van der Waals surface area contributed by atoms with Crippen LogP contribution in [0.2, 0.25) is 0 Å². The Balaban J connectivity index is 1.53. The van der Waals surface area contributed by atoms with Crippen LogP contribution in [0.4, 0.5) is 0 Å². The van der Waals surface area contributed by atoms with Gasteiger partial charge in [0.15, 0.2) is 0 Å². The summed E-state index contributed by atoms with van der Waals surface area (Å²) in [5, 5.41) is 3.81. The van der Waals surface area contributed by atoms with Crippen LogP contribution in [0.25, 0.3) is 0 Å². The summed E-state index contributed by atoms with van der Waals surface area (Å²) < 4.78 is 11.2. The van der Waals surface area contributed by atoms with Gasteiger partial charge in [0, 0.05) is 44.7 Å². The minimum absolute atomic E-state index is 0.601. The Bertz CT molecular complexity index is 387. The molecule has 1 N–H and O–H groups in total. The lowest BCUT2D eigenvalue weighted by Crippen LogP contribution is -2.52. The second kappa shape index (κ2) is 8.61. The lowest BCUT2D eigenvalue weighted by atomic mass is 9.80. The number of hydrogen-bond acceptors (Lipinski definition) is 4. The highest BCUT2D eigenvalue weighted by molar-refractivity contribution is 5.09. The molecule has 0 aromatic carbocycles. The molecule has 0 aromatic heterocycles. The maximum atomic E-state index is 5.66. The zero-order chi connectivity index (χ0) is 16.1. The summed E-state index contributed by atoms with van der Waals surface area (Å²) in [5.74, 6) is 2.21. The fourth-order valence-corrected chi connectivity index (χ4v) is 4.48. The van der Waals surface area contributed by atoms with E-state index >= 15 is 0 Å². The van der Waals surface area contributed by atoms with Gasteiger partial charge in [0.2, 0.25) is 0 Å². The van der Waals surface area contributed by atoms with E-state index in [2.05, 4.69) is 30.1 Å². The lowest BCUT2D eigenvalue weighted by Gasteiger charge is -2.38. The van der Waals surface area contributed by atoms with Crippen molar-refractivity contribution in [1.82, 2.24) is 10.2 Å². The molecule has 2 aliphatic heterocycles. The first-order chi connectivity index (χ1) is 11.3. The molecule has 4 atom stereocenters. The first-order valence-corrected chi connectivity index (χ1v) is 9.52. The minimum atomic E-state index is 0.601. The van der Waals surface area contributed by atoms with Crippen LogP contribution in [0.3, 0.4) is 0 Å². The summed E-state index contributed by atoms with van der Waals surface area (Å²) in [6, 6.07) is 0.601. The van der Waals surface area contributed by atoms with Gasteiger partial charge in [0.1, 0.15) is 0 Å². The molecule has 4 nitrogen and oxygen atoms in total. The molecule has 2 saturated heterocycles. The first-order valence-electron chi connectivity index (χ1n) is 9.52. The highest BCUT2D eigenvalue weighted by Gasteiger charge is 2.31. The van der Waals surface area contributed by atoms with Gasteiger partial charge in [0.05, 0.1) is 19.8 Å². The summed E-state index contributed by atoms with van der Waals surface area (Å²) in [6.45, 7) is 12.7. The van der Waals surface area contributed by atoms with E-state index in [-0.39, 0.29) is 0 Å². The van der Waals surface area contributed by atoms with Gasteiger partial charge in [-0.3, -0.25) is 4.90 Å². The summed E-state index contributed by atoms with van der Waals surface area (Å²) in [7, 11) is 0. The molecule has 3 aliphatic rings. The second-order valence-corrected chi connectivity index (χ2v) is 7.61. The SMILES string of the molecule is CC1=CCC[C@H](C)[C@@H]1CNC[C@H]([C@H]1CCOC1)N1CCOCC1. The Kier molecular flexibility index (Phi) is 6.52. The van der Waals surface area contributed by atoms with Crippen molar-refractivity contribution in [3.63, 3.8) is 0 Å². The van der Waals surface area contributed by atoms with E-state index in [1.54, 1.807) is 5.57 Å². The number of ether oxygens (including phenoxy) is 2. The van der Waals surface area contributed by atoms with Crippen molar-refractivity contribution in [3.05, 3.63) is 11.6 Å². The van der Waals surface area contributed by atoms with E-state index in [4.69, 9.17) is 9.47 Å². The minimum Gasteiger partial charge on any atom is -0.381 e. The topological polar surface area (TPSA) is 33.7 Å². The predicted molar refractivity (Wildman–Crippen MR) is 93.6 cm³/mol. The summed E-state index contributed by atoms with van der Waals surface area (Å²) >= 11 is 0. The van der Waals surface area contributed by atoms with E-state index in [9.17, 15) is 0 Å². The van der Waals surface area contributed by atoms with Gasteiger partial charge < -0.3 is 14.8 Å². The largest absolute Gasteiger partial charge is 0.381 e. The Labute approximate surface area is 141 Å². The number of rotatable bonds is 6. The molecule has 0 radical (unpaired) electrons. The molecule has 132 valence electrons. The number of nitrogens with zero attached hydrogens (tertiary/aromatic N) is 1. The first kappa shape index (κ1) is 17.4. The standard InChI is InChI=1S/C19H34N2O2/c1-15-4-3-5-16(2)18(15)12-20-13-19(17-6-9-23-14-17)21-7-10-22-11-8-21/h4,16-20H,3,5-14H2,1-2H3/t16-,17-,18+,19+/m0/s1. The highest BCUT2D eigenvalue weighted by Crippen LogP contribution is 2.29. The molecule has 1 aliphatic carbocycles. The van der Waals surface area contributed by atoms with Crippen molar-refractivity contribution < 1.29 is 9.47 Å². The van der Waals surface area contributed by atoms with Crippen LogP contribution in [0.5, 0.6) is 0 Å². The molecule has 23 heavy (non-hydrogen) atoms. The molecule has 0 aromatic rings. The molecular formula is C19H34N2O2. The van der Waals surface area contributed by atoms with Crippen LogP contribution in [-0.4, -0.2) is 63.5 Å². The summed E-state index contributed by atoms with van der Waals surface area (Å²) in [6.07, 6.45) is 6.26. The van der Waals surface area contributed by atoms with E-state index in [1.807, 2.05) is 0 Å². The maximum absolute atomic E-state index is 5.66. The second-order valence-electron chi connectivity index (χ2n) is 7.61. The molecule has 2 heterocycles. The van der Waals surface area contributed by atoms with Crippen molar-refractivity contribution in [2.45, 2.75) is 39.2 Å². The van der Waals surface area contributed by atoms with Crippen molar-refractivity contribution in [2.75, 3.05) is 52.6 Å². The Morgan fingerprint density at radius 2 is 2.04 bits per heavy atom. The molecule has 0 amide bonds. The zero-order valence-electron chi connectivity index (χ0n) is 14.9. The average Bonchev–Trinajstić information content (AvgIpc) is 3.09. The molecule has 0 saturated carbocycles. The highest BCUT2D eigenvalue weighted by atomic mass is 16.5. The van der Waals surface area contributed by atoms with Crippen LogP contribution < -0.4 is 5.32 Å². The Hall–Kier alpha value is -0.420. The number of nitrogens with one attached hydrogen (secondary N) is 1. The van der Waals surface area contributed by atoms with E-state index in [0.29, 0.717) is 17.9 Å². The van der Waals surface area contributed by atoms with E-state index < -0.39 is 0 Å². The average molecular weight is 322 g/mol. The number of allylic oxidation sites excluding steroid dienone is 1. The quantitative estimate of drug-likeness (QED) is 0.761. The molecular weight excluding hydrogens is 288 g/mol. The molecule has 2 fully saturated rings.